The third kappa shape index (κ3) is 4.20. The van der Waals surface area contributed by atoms with Gasteiger partial charge in [-0.15, -0.1) is 0 Å². The average Bonchev–Trinajstić information content (AvgIpc) is 3.38. The van der Waals surface area contributed by atoms with Crippen LogP contribution in [0.3, 0.4) is 0 Å². The van der Waals surface area contributed by atoms with E-state index in [2.05, 4.69) is 19.8 Å². The summed E-state index contributed by atoms with van der Waals surface area (Å²) in [4.78, 5) is 26.9. The van der Waals surface area contributed by atoms with Crippen LogP contribution in [-0.4, -0.2) is 88.1 Å². The van der Waals surface area contributed by atoms with Crippen LogP contribution >= 0.6 is 0 Å². The van der Waals surface area contributed by atoms with Crippen LogP contribution in [0.1, 0.15) is 37.9 Å². The fourth-order valence-corrected chi connectivity index (χ4v) is 5.23. The number of nitrogens with one attached hydrogen (secondary N) is 1. The molecular formula is C20H33N5O2. The van der Waals surface area contributed by atoms with Crippen molar-refractivity contribution in [2.45, 2.75) is 38.6 Å². The lowest BCUT2D eigenvalue weighted by Gasteiger charge is -2.51. The third-order valence-electron chi connectivity index (χ3n) is 7.10. The van der Waals surface area contributed by atoms with Gasteiger partial charge in [0.15, 0.2) is 0 Å². The van der Waals surface area contributed by atoms with Gasteiger partial charge in [-0.3, -0.25) is 14.6 Å². The minimum absolute atomic E-state index is 0.186. The van der Waals surface area contributed by atoms with Crippen LogP contribution in [0.4, 0.5) is 0 Å². The average molecular weight is 376 g/mol. The van der Waals surface area contributed by atoms with Gasteiger partial charge in [-0.2, -0.15) is 0 Å². The number of aliphatic hydroxyl groups excluding tert-OH is 1. The van der Waals surface area contributed by atoms with Crippen molar-refractivity contribution in [3.8, 4) is 0 Å². The highest BCUT2D eigenvalue weighted by Crippen LogP contribution is 2.45. The summed E-state index contributed by atoms with van der Waals surface area (Å²) in [6, 6.07) is 0. The number of hydrogen-bond acceptors (Lipinski definition) is 5. The van der Waals surface area contributed by atoms with E-state index in [1.165, 1.54) is 12.8 Å². The van der Waals surface area contributed by atoms with Gasteiger partial charge < -0.3 is 15.0 Å². The number of nitrogens with zero attached hydrogens (tertiary/aromatic N) is 4. The van der Waals surface area contributed by atoms with Crippen LogP contribution in [0.5, 0.6) is 0 Å². The van der Waals surface area contributed by atoms with Crippen LogP contribution < -0.4 is 0 Å². The Morgan fingerprint density at radius 1 is 1.15 bits per heavy atom. The Bertz CT molecular complexity index is 606. The van der Waals surface area contributed by atoms with E-state index in [1.54, 1.807) is 6.20 Å². The topological polar surface area (TPSA) is 75.7 Å². The Kier molecular flexibility index (Phi) is 5.80. The van der Waals surface area contributed by atoms with Gasteiger partial charge in [-0.25, -0.2) is 4.98 Å². The second-order valence-corrected chi connectivity index (χ2v) is 8.63. The highest BCUT2D eigenvalue weighted by molar-refractivity contribution is 5.78. The van der Waals surface area contributed by atoms with Crippen molar-refractivity contribution in [2.75, 3.05) is 52.4 Å². The predicted molar refractivity (Wildman–Crippen MR) is 103 cm³/mol. The molecule has 1 amide bonds. The molecule has 7 nitrogen and oxygen atoms in total. The summed E-state index contributed by atoms with van der Waals surface area (Å²) in [5.74, 6) is 1.48. The predicted octanol–water partition coefficient (Wildman–Crippen LogP) is 0.929. The van der Waals surface area contributed by atoms with Gasteiger partial charge in [0.25, 0.3) is 0 Å². The number of piperidine rings is 2. The lowest BCUT2D eigenvalue weighted by atomic mass is 9.64. The smallest absolute Gasteiger partial charge is 0.236 e. The molecule has 4 rings (SSSR count). The number of carbonyl (C=O) groups is 1. The van der Waals surface area contributed by atoms with Gasteiger partial charge in [0.05, 0.1) is 13.1 Å². The lowest BCUT2D eigenvalue weighted by Crippen LogP contribution is -2.55. The van der Waals surface area contributed by atoms with Crippen molar-refractivity contribution in [3.63, 3.8) is 0 Å². The molecule has 0 bridgehead atoms. The molecule has 3 saturated heterocycles. The normalized spacial score (nSPS) is 26.7. The molecule has 1 spiro atoms. The minimum atomic E-state index is 0.186. The molecule has 3 aliphatic rings. The first kappa shape index (κ1) is 18.9. The van der Waals surface area contributed by atoms with Gasteiger partial charge >= 0.3 is 0 Å². The second kappa shape index (κ2) is 8.29. The highest BCUT2D eigenvalue weighted by atomic mass is 16.3. The summed E-state index contributed by atoms with van der Waals surface area (Å²) in [6.07, 6.45) is 9.34. The number of amides is 1. The van der Waals surface area contributed by atoms with E-state index in [9.17, 15) is 9.90 Å². The first-order valence-electron chi connectivity index (χ1n) is 10.5. The summed E-state index contributed by atoms with van der Waals surface area (Å²) < 4.78 is 0. The van der Waals surface area contributed by atoms with Crippen molar-refractivity contribution in [2.24, 2.45) is 11.3 Å². The molecule has 0 radical (unpaired) electrons. The summed E-state index contributed by atoms with van der Waals surface area (Å²) in [7, 11) is 0. The monoisotopic (exact) mass is 375 g/mol. The molecule has 0 saturated carbocycles. The maximum Gasteiger partial charge on any atom is 0.236 e. The van der Waals surface area contributed by atoms with Crippen LogP contribution in [0.25, 0.3) is 0 Å². The van der Waals surface area contributed by atoms with E-state index in [1.807, 2.05) is 11.1 Å². The van der Waals surface area contributed by atoms with Gasteiger partial charge in [0, 0.05) is 38.0 Å². The Hall–Kier alpha value is -1.44. The summed E-state index contributed by atoms with van der Waals surface area (Å²) in [5.41, 5.74) is 0.193. The van der Waals surface area contributed by atoms with Gasteiger partial charge in [0.1, 0.15) is 5.82 Å². The molecule has 1 unspecified atom stereocenters. The first-order chi connectivity index (χ1) is 13.2. The highest BCUT2D eigenvalue weighted by Gasteiger charge is 2.45. The zero-order valence-corrected chi connectivity index (χ0v) is 16.3. The molecular weight excluding hydrogens is 342 g/mol. The second-order valence-electron chi connectivity index (χ2n) is 8.63. The number of hydrogen-bond donors (Lipinski definition) is 2. The number of likely N-dealkylation sites (tertiary alicyclic amines) is 3. The number of aromatic nitrogens is 2. The maximum absolute atomic E-state index is 12.7. The molecule has 3 aliphatic heterocycles. The van der Waals surface area contributed by atoms with Crippen LogP contribution in [0, 0.1) is 11.3 Å². The zero-order valence-electron chi connectivity index (χ0n) is 16.3. The number of rotatable bonds is 5. The van der Waals surface area contributed by atoms with E-state index >= 15 is 0 Å². The third-order valence-corrected chi connectivity index (χ3v) is 7.10. The molecule has 0 aliphatic carbocycles. The van der Waals surface area contributed by atoms with E-state index in [0.717, 1.165) is 70.9 Å². The molecule has 0 aromatic carbocycles. The summed E-state index contributed by atoms with van der Waals surface area (Å²) in [6.45, 7) is 7.37. The van der Waals surface area contributed by atoms with E-state index in [-0.39, 0.29) is 23.8 Å². The van der Waals surface area contributed by atoms with Crippen molar-refractivity contribution in [1.29, 1.82) is 0 Å². The Morgan fingerprint density at radius 3 is 2.56 bits per heavy atom. The fraction of sp³-hybridized carbons (Fsp3) is 0.800. The number of imidazole rings is 1. The number of aliphatic hydroxyl groups is 1. The summed E-state index contributed by atoms with van der Waals surface area (Å²) >= 11 is 0. The van der Waals surface area contributed by atoms with Crippen LogP contribution in [0.2, 0.25) is 0 Å². The number of H-pyrrole nitrogens is 1. The summed E-state index contributed by atoms with van der Waals surface area (Å²) in [5, 5.41) is 10.1. The fourth-order valence-electron chi connectivity index (χ4n) is 5.23. The molecule has 27 heavy (non-hydrogen) atoms. The molecule has 7 heteroatoms. The van der Waals surface area contributed by atoms with Crippen molar-refractivity contribution in [3.05, 3.63) is 18.2 Å². The number of carbonyl (C=O) groups excluding carboxylic acids is 1. The van der Waals surface area contributed by atoms with E-state index in [0.29, 0.717) is 6.54 Å². The Balaban J connectivity index is 1.31. The van der Waals surface area contributed by atoms with Crippen LogP contribution in [0.15, 0.2) is 12.4 Å². The van der Waals surface area contributed by atoms with Crippen molar-refractivity contribution in [1.82, 2.24) is 24.7 Å². The lowest BCUT2D eigenvalue weighted by molar-refractivity contribution is -0.139. The van der Waals surface area contributed by atoms with Gasteiger partial charge in [-0.1, -0.05) is 0 Å². The minimum Gasteiger partial charge on any atom is -0.396 e. The standard InChI is InChI=1S/C20H33N5O2/c26-16-17-13-25(19(27)15-23-8-1-2-9-23)12-5-20(17)3-10-24(11-4-20)14-18-21-6-7-22-18/h6-7,17,26H,1-5,8-16H2,(H,21,22). The van der Waals surface area contributed by atoms with Gasteiger partial charge in [0.2, 0.25) is 5.91 Å². The largest absolute Gasteiger partial charge is 0.396 e. The zero-order chi connectivity index (χ0) is 18.7. The maximum atomic E-state index is 12.7. The molecule has 3 fully saturated rings. The molecule has 4 heterocycles. The molecule has 1 atom stereocenters. The molecule has 1 aromatic heterocycles. The Morgan fingerprint density at radius 2 is 1.89 bits per heavy atom. The van der Waals surface area contributed by atoms with Gasteiger partial charge in [-0.05, 0) is 63.7 Å². The van der Waals surface area contributed by atoms with Crippen molar-refractivity contribution < 1.29 is 9.90 Å². The van der Waals surface area contributed by atoms with Crippen molar-refractivity contribution >= 4 is 5.91 Å². The van der Waals surface area contributed by atoms with E-state index < -0.39 is 0 Å². The molecule has 150 valence electrons. The Labute approximate surface area is 161 Å². The first-order valence-corrected chi connectivity index (χ1v) is 10.5. The van der Waals surface area contributed by atoms with E-state index in [4.69, 9.17) is 0 Å². The quantitative estimate of drug-likeness (QED) is 0.801. The molecule has 1 aromatic rings. The number of aromatic amines is 1. The van der Waals surface area contributed by atoms with Crippen LogP contribution in [-0.2, 0) is 11.3 Å². The molecule has 2 N–H and O–H groups in total. The SMILES string of the molecule is O=C(CN1CCCC1)N1CCC2(CCN(Cc3ncc[nH]3)CC2)C(CO)C1.